The topological polar surface area (TPSA) is 90.0 Å². The Labute approximate surface area is 158 Å². The zero-order chi connectivity index (χ0) is 20.2. The van der Waals surface area contributed by atoms with Crippen molar-refractivity contribution in [3.63, 3.8) is 0 Å². The van der Waals surface area contributed by atoms with Gasteiger partial charge in [0, 0.05) is 14.1 Å². The second-order valence-corrected chi connectivity index (χ2v) is 7.68. The third-order valence-electron chi connectivity index (χ3n) is 3.74. The average Bonchev–Trinajstić information content (AvgIpc) is 2.61. The number of nitrogens with zero attached hydrogens (tertiary/aromatic N) is 1. The molecule has 0 aliphatic rings. The van der Waals surface area contributed by atoms with Gasteiger partial charge in [0.05, 0.1) is 0 Å². The fourth-order valence-electron chi connectivity index (χ4n) is 2.18. The lowest BCUT2D eigenvalue weighted by atomic mass is 10.2. The van der Waals surface area contributed by atoms with Crippen molar-refractivity contribution in [3.05, 3.63) is 59.2 Å². The number of para-hydroxylation sites is 1. The SMILES string of the molecule is Cc1ccc(C)c(S(=O)(=O)Oc2ccccc2C(=O)OCC(=O)N(C)C)c1. The number of rotatable bonds is 6. The Morgan fingerprint density at radius 3 is 2.37 bits per heavy atom. The van der Waals surface area contributed by atoms with E-state index >= 15 is 0 Å². The van der Waals surface area contributed by atoms with E-state index in [2.05, 4.69) is 0 Å². The lowest BCUT2D eigenvalue weighted by Crippen LogP contribution is -2.27. The predicted molar refractivity (Wildman–Crippen MR) is 99.1 cm³/mol. The number of hydrogen-bond acceptors (Lipinski definition) is 6. The highest BCUT2D eigenvalue weighted by Crippen LogP contribution is 2.25. The van der Waals surface area contributed by atoms with Gasteiger partial charge in [0.2, 0.25) is 0 Å². The van der Waals surface area contributed by atoms with Gasteiger partial charge >= 0.3 is 16.1 Å². The lowest BCUT2D eigenvalue weighted by Gasteiger charge is -2.14. The van der Waals surface area contributed by atoms with E-state index in [0.29, 0.717) is 5.56 Å². The Morgan fingerprint density at radius 1 is 1.04 bits per heavy atom. The predicted octanol–water partition coefficient (Wildman–Crippen LogP) is 2.32. The normalized spacial score (nSPS) is 11.0. The van der Waals surface area contributed by atoms with Gasteiger partial charge in [-0.05, 0) is 43.2 Å². The van der Waals surface area contributed by atoms with Crippen molar-refractivity contribution in [2.24, 2.45) is 0 Å². The molecule has 0 saturated heterocycles. The van der Waals surface area contributed by atoms with Crippen molar-refractivity contribution < 1.29 is 26.9 Å². The van der Waals surface area contributed by atoms with Gasteiger partial charge in [0.25, 0.3) is 5.91 Å². The first kappa shape index (κ1) is 20.4. The van der Waals surface area contributed by atoms with E-state index in [0.717, 1.165) is 5.56 Å². The van der Waals surface area contributed by atoms with Crippen LogP contribution in [0.4, 0.5) is 0 Å². The van der Waals surface area contributed by atoms with Gasteiger partial charge in [-0.1, -0.05) is 24.3 Å². The molecule has 2 aromatic rings. The third-order valence-corrected chi connectivity index (χ3v) is 5.12. The first-order valence-electron chi connectivity index (χ1n) is 8.10. The summed E-state index contributed by atoms with van der Waals surface area (Å²) in [4.78, 5) is 25.1. The van der Waals surface area contributed by atoms with Crippen molar-refractivity contribution in [3.8, 4) is 5.75 Å². The van der Waals surface area contributed by atoms with Crippen LogP contribution in [-0.4, -0.2) is 45.9 Å². The Hall–Kier alpha value is -2.87. The average molecular weight is 391 g/mol. The number of carbonyl (C=O) groups excluding carboxylic acids is 2. The molecule has 0 aliphatic heterocycles. The molecule has 2 rings (SSSR count). The second kappa shape index (κ2) is 8.22. The van der Waals surface area contributed by atoms with Crippen LogP contribution in [0.25, 0.3) is 0 Å². The summed E-state index contributed by atoms with van der Waals surface area (Å²) in [5.41, 5.74) is 1.20. The van der Waals surface area contributed by atoms with Crippen molar-refractivity contribution in [1.82, 2.24) is 4.90 Å². The Kier molecular flexibility index (Phi) is 6.22. The molecule has 0 saturated carbocycles. The van der Waals surface area contributed by atoms with Crippen molar-refractivity contribution in [2.75, 3.05) is 20.7 Å². The first-order chi connectivity index (χ1) is 12.6. The second-order valence-electron chi connectivity index (χ2n) is 6.17. The van der Waals surface area contributed by atoms with E-state index in [1.807, 2.05) is 0 Å². The smallest absolute Gasteiger partial charge is 0.342 e. The quantitative estimate of drug-likeness (QED) is 0.554. The van der Waals surface area contributed by atoms with Crippen molar-refractivity contribution in [1.29, 1.82) is 0 Å². The summed E-state index contributed by atoms with van der Waals surface area (Å²) >= 11 is 0. The van der Waals surface area contributed by atoms with Gasteiger partial charge in [-0.2, -0.15) is 8.42 Å². The van der Waals surface area contributed by atoms with Crippen LogP contribution in [0.5, 0.6) is 5.75 Å². The minimum Gasteiger partial charge on any atom is -0.452 e. The van der Waals surface area contributed by atoms with Crippen LogP contribution in [0.1, 0.15) is 21.5 Å². The molecule has 7 nitrogen and oxygen atoms in total. The number of ether oxygens (including phenoxy) is 1. The maximum absolute atomic E-state index is 12.7. The highest BCUT2D eigenvalue weighted by atomic mass is 32.2. The van der Waals surface area contributed by atoms with E-state index < -0.39 is 28.6 Å². The van der Waals surface area contributed by atoms with E-state index in [-0.39, 0.29) is 16.2 Å². The number of aryl methyl sites for hydroxylation is 2. The first-order valence-corrected chi connectivity index (χ1v) is 9.50. The molecule has 0 unspecified atom stereocenters. The van der Waals surface area contributed by atoms with Crippen molar-refractivity contribution >= 4 is 22.0 Å². The molecule has 0 bridgehead atoms. The van der Waals surface area contributed by atoms with Crippen LogP contribution < -0.4 is 4.18 Å². The number of benzene rings is 2. The maximum atomic E-state index is 12.7. The number of likely N-dealkylation sites (N-methyl/N-ethyl adjacent to an activating group) is 1. The Bertz CT molecular complexity index is 966. The largest absolute Gasteiger partial charge is 0.452 e. The van der Waals surface area contributed by atoms with E-state index in [9.17, 15) is 18.0 Å². The highest BCUT2D eigenvalue weighted by molar-refractivity contribution is 7.87. The molecule has 2 aromatic carbocycles. The molecular formula is C19H21NO6S. The lowest BCUT2D eigenvalue weighted by molar-refractivity contribution is -0.131. The van der Waals surface area contributed by atoms with Crippen LogP contribution in [0, 0.1) is 13.8 Å². The van der Waals surface area contributed by atoms with Gasteiger partial charge < -0.3 is 13.8 Å². The molecule has 0 aromatic heterocycles. The van der Waals surface area contributed by atoms with Crippen LogP contribution in [0.3, 0.4) is 0 Å². The molecule has 0 radical (unpaired) electrons. The van der Waals surface area contributed by atoms with Crippen LogP contribution in [-0.2, 0) is 19.6 Å². The van der Waals surface area contributed by atoms with Gasteiger partial charge in [0.15, 0.2) is 12.4 Å². The molecule has 0 N–H and O–H groups in total. The van der Waals surface area contributed by atoms with Gasteiger partial charge in [-0.25, -0.2) is 4.79 Å². The monoisotopic (exact) mass is 391 g/mol. The van der Waals surface area contributed by atoms with Gasteiger partial charge in [-0.15, -0.1) is 0 Å². The zero-order valence-electron chi connectivity index (χ0n) is 15.6. The third kappa shape index (κ3) is 5.07. The summed E-state index contributed by atoms with van der Waals surface area (Å²) in [6, 6.07) is 10.8. The Morgan fingerprint density at radius 2 is 1.70 bits per heavy atom. The number of carbonyl (C=O) groups is 2. The molecule has 0 aliphatic carbocycles. The fraction of sp³-hybridized carbons (Fsp3) is 0.263. The summed E-state index contributed by atoms with van der Waals surface area (Å²) in [5.74, 6) is -1.41. The molecule has 8 heteroatoms. The summed E-state index contributed by atoms with van der Waals surface area (Å²) in [7, 11) is -1.09. The van der Waals surface area contributed by atoms with Crippen LogP contribution in [0.2, 0.25) is 0 Å². The number of hydrogen-bond donors (Lipinski definition) is 0. The van der Waals surface area contributed by atoms with Crippen LogP contribution >= 0.6 is 0 Å². The zero-order valence-corrected chi connectivity index (χ0v) is 16.4. The minimum absolute atomic E-state index is 0.0217. The molecule has 0 fully saturated rings. The molecule has 1 amide bonds. The standard InChI is InChI=1S/C19H21NO6S/c1-13-9-10-14(2)17(11-13)27(23,24)26-16-8-6-5-7-15(16)19(22)25-12-18(21)20(3)4/h5-11H,12H2,1-4H3. The van der Waals surface area contributed by atoms with Crippen molar-refractivity contribution in [2.45, 2.75) is 18.7 Å². The number of esters is 1. The molecule has 0 spiro atoms. The minimum atomic E-state index is -4.15. The molecular weight excluding hydrogens is 370 g/mol. The van der Waals surface area contributed by atoms with Gasteiger partial charge in [-0.3, -0.25) is 4.79 Å². The summed E-state index contributed by atoms with van der Waals surface area (Å²) in [6.07, 6.45) is 0. The maximum Gasteiger partial charge on any atom is 0.342 e. The van der Waals surface area contributed by atoms with E-state index in [4.69, 9.17) is 8.92 Å². The molecule has 27 heavy (non-hydrogen) atoms. The molecule has 144 valence electrons. The Balaban J connectivity index is 2.28. The molecule has 0 heterocycles. The van der Waals surface area contributed by atoms with E-state index in [1.165, 1.54) is 43.3 Å². The van der Waals surface area contributed by atoms with Crippen LogP contribution in [0.15, 0.2) is 47.4 Å². The number of amides is 1. The van der Waals surface area contributed by atoms with E-state index in [1.54, 1.807) is 32.0 Å². The summed E-state index contributed by atoms with van der Waals surface area (Å²) < 4.78 is 35.5. The fourth-order valence-corrected chi connectivity index (χ4v) is 3.45. The van der Waals surface area contributed by atoms with Gasteiger partial charge in [0.1, 0.15) is 10.5 Å². The molecule has 0 atom stereocenters. The summed E-state index contributed by atoms with van der Waals surface area (Å²) in [6.45, 7) is 2.97. The summed E-state index contributed by atoms with van der Waals surface area (Å²) in [5, 5.41) is 0. The highest BCUT2D eigenvalue weighted by Gasteiger charge is 2.23.